The molecule has 1 aliphatic heterocycles. The van der Waals surface area contributed by atoms with E-state index in [0.717, 1.165) is 6.42 Å². The second-order valence-electron chi connectivity index (χ2n) is 9.40. The molecule has 2 aromatic rings. The van der Waals surface area contributed by atoms with E-state index in [4.69, 9.17) is 5.73 Å². The SMILES string of the molecule is CN1CCN(C23C[C@H](N)C([C@H](c4ccccc4)C2)[C@H](c2ccccc2)C3)CC1. The normalized spacial score (nSPS) is 36.5. The Morgan fingerprint density at radius 2 is 1.25 bits per heavy atom. The van der Waals surface area contributed by atoms with Gasteiger partial charge in [0.2, 0.25) is 0 Å². The van der Waals surface area contributed by atoms with E-state index in [2.05, 4.69) is 77.5 Å². The second-order valence-corrected chi connectivity index (χ2v) is 9.40. The van der Waals surface area contributed by atoms with Crippen LogP contribution in [0, 0.1) is 5.92 Å². The van der Waals surface area contributed by atoms with Gasteiger partial charge in [-0.25, -0.2) is 0 Å². The van der Waals surface area contributed by atoms with Gasteiger partial charge in [0.05, 0.1) is 0 Å². The van der Waals surface area contributed by atoms with Crippen molar-refractivity contribution in [3.63, 3.8) is 0 Å². The highest BCUT2D eigenvalue weighted by molar-refractivity contribution is 5.33. The summed E-state index contributed by atoms with van der Waals surface area (Å²) in [6.45, 7) is 4.70. The minimum absolute atomic E-state index is 0.246. The molecule has 3 saturated carbocycles. The van der Waals surface area contributed by atoms with Crippen LogP contribution in [0.15, 0.2) is 60.7 Å². The van der Waals surface area contributed by atoms with Gasteiger partial charge in [0.25, 0.3) is 0 Å². The number of fused-ring (bicyclic) bond motifs is 3. The molecule has 148 valence electrons. The summed E-state index contributed by atoms with van der Waals surface area (Å²) in [6.07, 6.45) is 3.69. The third-order valence-electron chi connectivity index (χ3n) is 7.87. The first kappa shape index (κ1) is 18.4. The van der Waals surface area contributed by atoms with Crippen LogP contribution in [-0.4, -0.2) is 54.6 Å². The van der Waals surface area contributed by atoms with Gasteiger partial charge < -0.3 is 10.6 Å². The number of benzene rings is 2. The highest BCUT2D eigenvalue weighted by atomic mass is 15.3. The van der Waals surface area contributed by atoms with Crippen LogP contribution >= 0.6 is 0 Å². The maximum atomic E-state index is 6.96. The fourth-order valence-corrected chi connectivity index (χ4v) is 6.54. The lowest BCUT2D eigenvalue weighted by Gasteiger charge is -2.62. The van der Waals surface area contributed by atoms with Crippen LogP contribution in [0.1, 0.15) is 42.2 Å². The van der Waals surface area contributed by atoms with Crippen molar-refractivity contribution in [2.75, 3.05) is 33.2 Å². The van der Waals surface area contributed by atoms with E-state index in [0.29, 0.717) is 17.8 Å². The van der Waals surface area contributed by atoms with Crippen molar-refractivity contribution in [3.05, 3.63) is 71.8 Å². The number of hydrogen-bond acceptors (Lipinski definition) is 3. The van der Waals surface area contributed by atoms with Crippen LogP contribution in [-0.2, 0) is 0 Å². The maximum absolute atomic E-state index is 6.96. The van der Waals surface area contributed by atoms with Gasteiger partial charge in [0.15, 0.2) is 0 Å². The first-order chi connectivity index (χ1) is 13.7. The molecule has 1 heterocycles. The molecule has 0 unspecified atom stereocenters. The molecular weight excluding hydrogens is 342 g/mol. The zero-order valence-corrected chi connectivity index (χ0v) is 17.0. The van der Waals surface area contributed by atoms with Crippen molar-refractivity contribution >= 4 is 0 Å². The van der Waals surface area contributed by atoms with E-state index in [1.165, 1.54) is 50.1 Å². The van der Waals surface area contributed by atoms with E-state index in [1.54, 1.807) is 0 Å². The molecule has 3 heteroatoms. The fourth-order valence-electron chi connectivity index (χ4n) is 6.54. The lowest BCUT2D eigenvalue weighted by atomic mass is 9.51. The minimum atomic E-state index is 0.246. The third kappa shape index (κ3) is 3.10. The Kier molecular flexibility index (Phi) is 4.78. The summed E-state index contributed by atoms with van der Waals surface area (Å²) in [5.41, 5.74) is 10.2. The van der Waals surface area contributed by atoms with Gasteiger partial charge in [0.1, 0.15) is 0 Å². The second kappa shape index (κ2) is 7.29. The molecule has 0 radical (unpaired) electrons. The Balaban J connectivity index is 1.55. The van der Waals surface area contributed by atoms with Crippen molar-refractivity contribution < 1.29 is 0 Å². The predicted molar refractivity (Wildman–Crippen MR) is 115 cm³/mol. The van der Waals surface area contributed by atoms with Crippen molar-refractivity contribution in [2.45, 2.75) is 42.7 Å². The van der Waals surface area contributed by atoms with Gasteiger partial charge >= 0.3 is 0 Å². The fraction of sp³-hybridized carbons (Fsp3) is 0.520. The summed E-state index contributed by atoms with van der Waals surface area (Å²) in [5, 5.41) is 0. The molecule has 28 heavy (non-hydrogen) atoms. The molecule has 2 aromatic carbocycles. The van der Waals surface area contributed by atoms with Gasteiger partial charge in [-0.05, 0) is 55.2 Å². The number of nitrogens with two attached hydrogens (primary N) is 1. The maximum Gasteiger partial charge on any atom is 0.0237 e. The Labute approximate surface area is 169 Å². The summed E-state index contributed by atoms with van der Waals surface area (Å²) in [5.74, 6) is 1.66. The Morgan fingerprint density at radius 1 is 0.750 bits per heavy atom. The van der Waals surface area contributed by atoms with Crippen LogP contribution in [0.5, 0.6) is 0 Å². The Morgan fingerprint density at radius 3 is 1.75 bits per heavy atom. The van der Waals surface area contributed by atoms with E-state index in [-0.39, 0.29) is 11.6 Å². The molecule has 0 amide bonds. The topological polar surface area (TPSA) is 32.5 Å². The number of rotatable bonds is 3. The van der Waals surface area contributed by atoms with Crippen LogP contribution in [0.2, 0.25) is 0 Å². The van der Waals surface area contributed by atoms with E-state index in [9.17, 15) is 0 Å². The molecule has 3 atom stereocenters. The number of piperazine rings is 1. The monoisotopic (exact) mass is 375 g/mol. The highest BCUT2D eigenvalue weighted by Gasteiger charge is 2.57. The van der Waals surface area contributed by atoms with E-state index < -0.39 is 0 Å². The van der Waals surface area contributed by atoms with Crippen molar-refractivity contribution in [2.24, 2.45) is 11.7 Å². The van der Waals surface area contributed by atoms with Crippen molar-refractivity contribution in [1.82, 2.24) is 9.80 Å². The zero-order chi connectivity index (χ0) is 19.1. The zero-order valence-electron chi connectivity index (χ0n) is 17.0. The Bertz CT molecular complexity index is 732. The van der Waals surface area contributed by atoms with E-state index in [1.807, 2.05) is 0 Å². The number of hydrogen-bond donors (Lipinski definition) is 1. The van der Waals surface area contributed by atoms with Crippen LogP contribution in [0.3, 0.4) is 0 Å². The molecule has 2 bridgehead atoms. The van der Waals surface area contributed by atoms with Crippen LogP contribution < -0.4 is 5.73 Å². The molecule has 6 rings (SSSR count). The number of likely N-dealkylation sites (N-methyl/N-ethyl adjacent to an activating group) is 1. The average molecular weight is 376 g/mol. The summed E-state index contributed by atoms with van der Waals surface area (Å²) < 4.78 is 0. The predicted octanol–water partition coefficient (Wildman–Crippen LogP) is 3.68. The molecule has 4 fully saturated rings. The summed E-state index contributed by atoms with van der Waals surface area (Å²) in [4.78, 5) is 5.28. The van der Waals surface area contributed by atoms with Gasteiger partial charge in [-0.2, -0.15) is 0 Å². The number of nitrogens with zero attached hydrogens (tertiary/aromatic N) is 2. The van der Waals surface area contributed by atoms with Crippen LogP contribution in [0.4, 0.5) is 0 Å². The third-order valence-corrected chi connectivity index (χ3v) is 7.87. The van der Waals surface area contributed by atoms with Gasteiger partial charge in [-0.15, -0.1) is 0 Å². The van der Waals surface area contributed by atoms with Gasteiger partial charge in [0, 0.05) is 37.8 Å². The van der Waals surface area contributed by atoms with E-state index >= 15 is 0 Å². The Hall–Kier alpha value is -1.68. The van der Waals surface area contributed by atoms with Crippen molar-refractivity contribution in [3.8, 4) is 0 Å². The average Bonchev–Trinajstić information content (AvgIpc) is 2.75. The molecule has 4 aliphatic rings. The smallest absolute Gasteiger partial charge is 0.0237 e. The molecule has 3 aliphatic carbocycles. The van der Waals surface area contributed by atoms with Crippen molar-refractivity contribution in [1.29, 1.82) is 0 Å². The molecule has 0 aromatic heterocycles. The molecule has 2 N–H and O–H groups in total. The molecule has 3 nitrogen and oxygen atoms in total. The summed E-state index contributed by atoms with van der Waals surface area (Å²) >= 11 is 0. The van der Waals surface area contributed by atoms with Gasteiger partial charge in [-0.1, -0.05) is 60.7 Å². The van der Waals surface area contributed by atoms with Gasteiger partial charge in [-0.3, -0.25) is 4.90 Å². The minimum Gasteiger partial charge on any atom is -0.327 e. The molecular formula is C25H33N3. The first-order valence-corrected chi connectivity index (χ1v) is 11.0. The highest BCUT2D eigenvalue weighted by Crippen LogP contribution is 2.59. The molecule has 1 saturated heterocycles. The lowest BCUT2D eigenvalue weighted by molar-refractivity contribution is -0.0631. The molecule has 0 spiro atoms. The van der Waals surface area contributed by atoms with Crippen LogP contribution in [0.25, 0.3) is 0 Å². The largest absolute Gasteiger partial charge is 0.327 e. The lowest BCUT2D eigenvalue weighted by Crippen LogP contribution is -2.66. The first-order valence-electron chi connectivity index (χ1n) is 11.0. The summed E-state index contributed by atoms with van der Waals surface area (Å²) in [7, 11) is 2.25. The standard InChI is InChI=1S/C25H33N3/c1-27-12-14-28(15-13-27)25-16-21(19-8-4-2-5-9-19)24(23(26)18-25)22(17-25)20-10-6-3-7-11-20/h2-11,21-24H,12-18,26H2,1H3/t21-,22-,23-,24?,25?/m0/s1. The quantitative estimate of drug-likeness (QED) is 0.888. The summed E-state index contributed by atoms with van der Waals surface area (Å²) in [6, 6.07) is 22.7.